The van der Waals surface area contributed by atoms with Crippen molar-refractivity contribution in [2.75, 3.05) is 45.3 Å². The Hall–Kier alpha value is -2.42. The predicted octanol–water partition coefficient (Wildman–Crippen LogP) is 4.79. The van der Waals surface area contributed by atoms with Crippen LogP contribution in [0.25, 0.3) is 10.2 Å². The number of carbonyl (C=O) groups excluding carboxylic acids is 1. The van der Waals surface area contributed by atoms with Crippen molar-refractivity contribution in [1.82, 2.24) is 9.88 Å². The highest BCUT2D eigenvalue weighted by Gasteiger charge is 2.23. The summed E-state index contributed by atoms with van der Waals surface area (Å²) in [6.07, 6.45) is 0.169. The van der Waals surface area contributed by atoms with Gasteiger partial charge in [-0.3, -0.25) is 9.69 Å². The first-order valence-electron chi connectivity index (χ1n) is 10.3. The van der Waals surface area contributed by atoms with Gasteiger partial charge in [-0.2, -0.15) is 0 Å². The molecule has 0 spiro atoms. The van der Waals surface area contributed by atoms with Crippen molar-refractivity contribution in [3.63, 3.8) is 0 Å². The fourth-order valence-electron chi connectivity index (χ4n) is 3.37. The summed E-state index contributed by atoms with van der Waals surface area (Å²) in [5, 5.41) is 0.595. The van der Waals surface area contributed by atoms with Crippen LogP contribution in [0.1, 0.15) is 19.4 Å². The lowest BCUT2D eigenvalue weighted by atomic mass is 10.1. The summed E-state index contributed by atoms with van der Waals surface area (Å²) < 4.78 is 25.0. The zero-order valence-electron chi connectivity index (χ0n) is 18.8. The Morgan fingerprint density at radius 1 is 1.00 bits per heavy atom. The van der Waals surface area contributed by atoms with E-state index < -0.39 is 0 Å². The van der Waals surface area contributed by atoms with Crippen LogP contribution in [-0.4, -0.2) is 56.2 Å². The molecule has 2 aromatic carbocycles. The minimum absolute atomic E-state index is 0. The molecule has 0 aliphatic heterocycles. The highest BCUT2D eigenvalue weighted by Crippen LogP contribution is 2.40. The van der Waals surface area contributed by atoms with Gasteiger partial charge in [0, 0.05) is 13.1 Å². The first-order valence-corrected chi connectivity index (χ1v) is 11.1. The second-order valence-electron chi connectivity index (χ2n) is 7.02. The molecule has 0 aliphatic carbocycles. The topological polar surface area (TPSA) is 54.9 Å². The molecule has 0 N–H and O–H groups in total. The van der Waals surface area contributed by atoms with Crippen LogP contribution in [0.5, 0.6) is 11.5 Å². The Balaban J connectivity index is 0.00000363. The molecule has 3 aromatic rings. The number of hydrogen-bond acceptors (Lipinski definition) is 6. The summed E-state index contributed by atoms with van der Waals surface area (Å²) in [6, 6.07) is 9.67. The Kier molecular flexibility index (Phi) is 9.68. The van der Waals surface area contributed by atoms with Gasteiger partial charge in [-0.15, -0.1) is 12.4 Å². The third-order valence-electron chi connectivity index (χ3n) is 5.23. The molecular formula is C23H29ClFN3O3S. The number of anilines is 1. The standard InChI is InChI=1S/C23H28FN3O3S.ClH/c1-5-26(6-2)13-14-27(20(28)15-16-7-9-17(24)10-8-16)23-25-21-18(29-3)11-12-19(30-4)22(21)31-23;/h7-12H,5-6,13-15H2,1-4H3;1H. The molecule has 0 fully saturated rings. The van der Waals surface area contributed by atoms with Crippen molar-refractivity contribution in [3.05, 3.63) is 47.8 Å². The van der Waals surface area contributed by atoms with Crippen LogP contribution in [0.2, 0.25) is 0 Å². The largest absolute Gasteiger partial charge is 0.495 e. The van der Waals surface area contributed by atoms with Crippen LogP contribution in [0.15, 0.2) is 36.4 Å². The second kappa shape index (κ2) is 12.0. The zero-order chi connectivity index (χ0) is 22.4. The zero-order valence-corrected chi connectivity index (χ0v) is 20.4. The van der Waals surface area contributed by atoms with Gasteiger partial charge < -0.3 is 14.4 Å². The van der Waals surface area contributed by atoms with Crippen molar-refractivity contribution in [2.45, 2.75) is 20.3 Å². The average molecular weight is 482 g/mol. The number of aromatic nitrogens is 1. The smallest absolute Gasteiger partial charge is 0.233 e. The predicted molar refractivity (Wildman–Crippen MR) is 130 cm³/mol. The summed E-state index contributed by atoms with van der Waals surface area (Å²) in [7, 11) is 3.20. The summed E-state index contributed by atoms with van der Waals surface area (Å²) in [5.41, 5.74) is 1.43. The maximum Gasteiger partial charge on any atom is 0.233 e. The number of carbonyl (C=O) groups is 1. The van der Waals surface area contributed by atoms with Crippen LogP contribution in [0, 0.1) is 5.82 Å². The molecule has 0 radical (unpaired) electrons. The molecule has 0 unspecified atom stereocenters. The number of methoxy groups -OCH3 is 2. The third kappa shape index (κ3) is 5.88. The molecule has 1 amide bonds. The summed E-state index contributed by atoms with van der Waals surface area (Å²) >= 11 is 1.40. The van der Waals surface area contributed by atoms with Crippen molar-refractivity contribution in [3.8, 4) is 11.5 Å². The SMILES string of the molecule is CCN(CC)CCN(C(=O)Cc1ccc(F)cc1)c1nc2c(OC)ccc(OC)c2s1.Cl. The number of rotatable bonds is 10. The fraction of sp³-hybridized carbons (Fsp3) is 0.391. The molecular weight excluding hydrogens is 453 g/mol. The maximum atomic E-state index is 13.3. The van der Waals surface area contributed by atoms with E-state index in [9.17, 15) is 9.18 Å². The van der Waals surface area contributed by atoms with E-state index in [1.54, 1.807) is 31.3 Å². The van der Waals surface area contributed by atoms with E-state index in [0.29, 0.717) is 28.7 Å². The van der Waals surface area contributed by atoms with E-state index in [4.69, 9.17) is 14.5 Å². The Bertz CT molecular complexity index is 984. The number of nitrogens with zero attached hydrogens (tertiary/aromatic N) is 3. The van der Waals surface area contributed by atoms with Crippen LogP contribution >= 0.6 is 23.7 Å². The number of amides is 1. The molecule has 3 rings (SSSR count). The van der Waals surface area contributed by atoms with Crippen molar-refractivity contribution in [1.29, 1.82) is 0 Å². The summed E-state index contributed by atoms with van der Waals surface area (Å²) in [6.45, 7) is 7.23. The van der Waals surface area contributed by atoms with E-state index in [-0.39, 0.29) is 30.6 Å². The molecule has 1 heterocycles. The molecule has 0 aliphatic rings. The number of benzene rings is 2. The number of fused-ring (bicyclic) bond motifs is 1. The van der Waals surface area contributed by atoms with Gasteiger partial charge in [-0.1, -0.05) is 37.3 Å². The first-order chi connectivity index (χ1) is 15.0. The quantitative estimate of drug-likeness (QED) is 0.416. The number of halogens is 2. The fourth-order valence-corrected chi connectivity index (χ4v) is 4.49. The minimum Gasteiger partial charge on any atom is -0.495 e. The van der Waals surface area contributed by atoms with Crippen LogP contribution in [0.4, 0.5) is 9.52 Å². The lowest BCUT2D eigenvalue weighted by molar-refractivity contribution is -0.118. The Morgan fingerprint density at radius 2 is 1.62 bits per heavy atom. The van der Waals surface area contributed by atoms with E-state index in [2.05, 4.69) is 18.7 Å². The van der Waals surface area contributed by atoms with Gasteiger partial charge in [0.15, 0.2) is 5.13 Å². The van der Waals surface area contributed by atoms with Gasteiger partial charge in [0.25, 0.3) is 0 Å². The van der Waals surface area contributed by atoms with Crippen LogP contribution < -0.4 is 14.4 Å². The summed E-state index contributed by atoms with van der Waals surface area (Å²) in [5.74, 6) is 0.915. The van der Waals surface area contributed by atoms with Crippen molar-refractivity contribution < 1.29 is 18.7 Å². The molecule has 0 atom stereocenters. The Morgan fingerprint density at radius 3 is 2.22 bits per heavy atom. The second-order valence-corrected chi connectivity index (χ2v) is 8.00. The van der Waals surface area contributed by atoms with Gasteiger partial charge in [-0.25, -0.2) is 9.37 Å². The number of ether oxygens (including phenoxy) is 2. The molecule has 6 nitrogen and oxygen atoms in total. The minimum atomic E-state index is -0.319. The third-order valence-corrected chi connectivity index (χ3v) is 6.33. The van der Waals surface area contributed by atoms with Gasteiger partial charge in [0.2, 0.25) is 5.91 Å². The van der Waals surface area contributed by atoms with Gasteiger partial charge in [0.1, 0.15) is 27.5 Å². The van der Waals surface area contributed by atoms with Gasteiger partial charge >= 0.3 is 0 Å². The number of likely N-dealkylation sites (N-methyl/N-ethyl adjacent to an activating group) is 1. The lowest BCUT2D eigenvalue weighted by Gasteiger charge is -2.24. The molecule has 9 heteroatoms. The molecule has 0 bridgehead atoms. The van der Waals surface area contributed by atoms with Crippen LogP contribution in [0.3, 0.4) is 0 Å². The average Bonchev–Trinajstić information content (AvgIpc) is 3.22. The Labute approximate surface area is 198 Å². The molecule has 1 aromatic heterocycles. The lowest BCUT2D eigenvalue weighted by Crippen LogP contribution is -2.39. The van der Waals surface area contributed by atoms with E-state index >= 15 is 0 Å². The molecule has 32 heavy (non-hydrogen) atoms. The van der Waals surface area contributed by atoms with Crippen LogP contribution in [-0.2, 0) is 11.2 Å². The van der Waals surface area contributed by atoms with E-state index in [1.165, 1.54) is 23.5 Å². The normalized spacial score (nSPS) is 10.8. The first kappa shape index (κ1) is 25.8. The van der Waals surface area contributed by atoms with Gasteiger partial charge in [-0.05, 0) is 42.9 Å². The number of hydrogen-bond donors (Lipinski definition) is 0. The van der Waals surface area contributed by atoms with E-state index in [1.807, 2.05) is 12.1 Å². The van der Waals surface area contributed by atoms with E-state index in [0.717, 1.165) is 29.9 Å². The number of thiazole rings is 1. The highest BCUT2D eigenvalue weighted by atomic mass is 35.5. The highest BCUT2D eigenvalue weighted by molar-refractivity contribution is 7.22. The molecule has 174 valence electrons. The molecule has 0 saturated heterocycles. The maximum absolute atomic E-state index is 13.3. The van der Waals surface area contributed by atoms with Crippen molar-refractivity contribution in [2.24, 2.45) is 0 Å². The van der Waals surface area contributed by atoms with Gasteiger partial charge in [0.05, 0.1) is 20.6 Å². The monoisotopic (exact) mass is 481 g/mol. The van der Waals surface area contributed by atoms with Crippen molar-refractivity contribution >= 4 is 45.0 Å². The molecule has 0 saturated carbocycles. The summed E-state index contributed by atoms with van der Waals surface area (Å²) in [4.78, 5) is 22.0.